The van der Waals surface area contributed by atoms with Crippen LogP contribution >= 0.6 is 0 Å². The number of nitrogens with zero attached hydrogens (tertiary/aromatic N) is 2. The summed E-state index contributed by atoms with van der Waals surface area (Å²) in [4.78, 5) is 67.5. The Morgan fingerprint density at radius 3 is 2.13 bits per heavy atom. The number of hydrogen-bond acceptors (Lipinski definition) is 7. The molecule has 4 aliphatic rings. The highest BCUT2D eigenvalue weighted by molar-refractivity contribution is 7.87. The fourth-order valence-corrected chi connectivity index (χ4v) is 8.20. The number of urea groups is 1. The largest absolute Gasteiger partial charge is 0.363 e. The van der Waals surface area contributed by atoms with E-state index in [2.05, 4.69) is 20.7 Å². The fourth-order valence-electron chi connectivity index (χ4n) is 6.90. The normalized spacial score (nSPS) is 27.5. The number of rotatable bonds is 11. The van der Waals surface area contributed by atoms with Crippen molar-refractivity contribution in [2.24, 2.45) is 39.7 Å². The van der Waals surface area contributed by atoms with E-state index in [0.29, 0.717) is 32.5 Å². The second-order valence-electron chi connectivity index (χ2n) is 16.3. The zero-order valence-electron chi connectivity index (χ0n) is 28.4. The van der Waals surface area contributed by atoms with Gasteiger partial charge in [-0.25, -0.2) is 9.52 Å². The van der Waals surface area contributed by atoms with E-state index < -0.39 is 74.7 Å². The van der Waals surface area contributed by atoms with Crippen LogP contribution in [0, 0.1) is 34.0 Å². The van der Waals surface area contributed by atoms with Crippen LogP contribution in [0.25, 0.3) is 0 Å². The molecule has 6 atom stereocenters. The molecule has 0 radical (unpaired) electrons. The van der Waals surface area contributed by atoms with Gasteiger partial charge in [0, 0.05) is 32.2 Å². The average molecular weight is 668 g/mol. The van der Waals surface area contributed by atoms with E-state index in [1.807, 2.05) is 55.4 Å². The molecule has 4 fully saturated rings. The number of piperidine rings is 1. The van der Waals surface area contributed by atoms with Crippen molar-refractivity contribution in [1.29, 1.82) is 0 Å². The smallest absolute Gasteiger partial charge is 0.315 e. The molecule has 260 valence electrons. The van der Waals surface area contributed by atoms with Crippen molar-refractivity contribution in [2.45, 2.75) is 105 Å². The maximum Gasteiger partial charge on any atom is 0.315 e. The standard InChI is InChI=1S/C31H53N7O7S/c1-29(2,3)20(16-37-13-9-12-33-46(37,44)45)35-28(43)36-24(30(4,5)6)27(42)38-15-18-21(31(18,7)8)22(38)26(41)34-19(14-17-10-11-17)23(39)25(32)40/h17-22,24,33H,9-16H2,1-8H3,(H2,32,40)(H,34,41)(H2,35,36,43)/t18-,19?,20?,21-,22-,24+/m0/s1. The highest BCUT2D eigenvalue weighted by atomic mass is 32.2. The third kappa shape index (κ3) is 7.84. The van der Waals surface area contributed by atoms with Gasteiger partial charge < -0.3 is 26.6 Å². The Morgan fingerprint density at radius 2 is 1.61 bits per heavy atom. The molecule has 0 spiro atoms. The number of hydrogen-bond donors (Lipinski definition) is 5. The first-order chi connectivity index (χ1) is 21.1. The lowest BCUT2D eigenvalue weighted by atomic mass is 9.85. The molecule has 2 heterocycles. The van der Waals surface area contributed by atoms with Gasteiger partial charge >= 0.3 is 6.03 Å². The van der Waals surface area contributed by atoms with Crippen molar-refractivity contribution >= 4 is 39.7 Å². The lowest BCUT2D eigenvalue weighted by Gasteiger charge is -2.39. The summed E-state index contributed by atoms with van der Waals surface area (Å²) in [7, 11) is -3.67. The van der Waals surface area contributed by atoms with E-state index in [0.717, 1.165) is 12.8 Å². The number of likely N-dealkylation sites (tertiary alicyclic amines) is 1. The van der Waals surface area contributed by atoms with Gasteiger partial charge in [0.25, 0.3) is 16.1 Å². The molecule has 0 aromatic heterocycles. The van der Waals surface area contributed by atoms with Gasteiger partial charge in [-0.1, -0.05) is 68.2 Å². The van der Waals surface area contributed by atoms with Crippen LogP contribution in [0.15, 0.2) is 0 Å². The molecule has 2 aliphatic carbocycles. The Labute approximate surface area is 272 Å². The maximum atomic E-state index is 14.3. The number of nitrogens with one attached hydrogen (secondary N) is 4. The fraction of sp³-hybridized carbons (Fsp3) is 0.839. The second kappa shape index (κ2) is 12.7. The molecule has 2 saturated carbocycles. The zero-order valence-corrected chi connectivity index (χ0v) is 29.3. The number of amides is 5. The van der Waals surface area contributed by atoms with Gasteiger partial charge in [-0.05, 0) is 46.8 Å². The summed E-state index contributed by atoms with van der Waals surface area (Å²) in [5, 5.41) is 8.51. The van der Waals surface area contributed by atoms with E-state index in [-0.39, 0.29) is 29.7 Å². The molecular weight excluding hydrogens is 614 g/mol. The predicted molar refractivity (Wildman–Crippen MR) is 171 cm³/mol. The van der Waals surface area contributed by atoms with Crippen molar-refractivity contribution in [2.75, 3.05) is 26.2 Å². The van der Waals surface area contributed by atoms with Crippen LogP contribution in [-0.2, 0) is 29.4 Å². The van der Waals surface area contributed by atoms with Crippen LogP contribution in [0.4, 0.5) is 4.79 Å². The number of primary amides is 1. The summed E-state index contributed by atoms with van der Waals surface area (Å²) in [5.74, 6) is -2.76. The van der Waals surface area contributed by atoms with Crippen LogP contribution < -0.4 is 26.4 Å². The molecule has 2 saturated heterocycles. The van der Waals surface area contributed by atoms with Crippen LogP contribution in [-0.4, -0.2) is 97.5 Å². The molecule has 2 unspecified atom stereocenters. The Bertz CT molecular complexity index is 1350. The van der Waals surface area contributed by atoms with E-state index in [1.54, 1.807) is 0 Å². The van der Waals surface area contributed by atoms with Gasteiger partial charge in [0.2, 0.25) is 17.6 Å². The number of carbonyl (C=O) groups excluding carboxylic acids is 5. The number of carbonyl (C=O) groups is 5. The SMILES string of the molecule is CC(C)(C)C(CN1CCCNS1(=O)=O)NC(=O)N[C@H](C(=O)N1C[C@H]2[C@@H]([C@H]1C(=O)NC(CC1CC1)C(=O)C(N)=O)C2(C)C)C(C)(C)C. The summed E-state index contributed by atoms with van der Waals surface area (Å²) in [6, 6.07) is -4.17. The summed E-state index contributed by atoms with van der Waals surface area (Å²) in [5.41, 5.74) is 3.81. The van der Waals surface area contributed by atoms with Gasteiger partial charge in [-0.15, -0.1) is 0 Å². The van der Waals surface area contributed by atoms with Crippen molar-refractivity contribution in [3.05, 3.63) is 0 Å². The minimum Gasteiger partial charge on any atom is -0.363 e. The Morgan fingerprint density at radius 1 is 0.978 bits per heavy atom. The molecule has 5 amide bonds. The molecule has 4 rings (SSSR count). The number of Topliss-reactive ketones (excluding diaryl/α,β-unsaturated/α-hetero) is 1. The monoisotopic (exact) mass is 667 g/mol. The van der Waals surface area contributed by atoms with E-state index in [1.165, 1.54) is 9.21 Å². The number of nitrogens with two attached hydrogens (primary N) is 1. The first-order valence-electron chi connectivity index (χ1n) is 16.3. The molecule has 6 N–H and O–H groups in total. The van der Waals surface area contributed by atoms with Crippen molar-refractivity contribution in [3.63, 3.8) is 0 Å². The highest BCUT2D eigenvalue weighted by Gasteiger charge is 2.70. The molecule has 15 heteroatoms. The van der Waals surface area contributed by atoms with Gasteiger partial charge in [-0.2, -0.15) is 12.7 Å². The lowest BCUT2D eigenvalue weighted by molar-refractivity contribution is -0.145. The summed E-state index contributed by atoms with van der Waals surface area (Å²) in [6.45, 7) is 16.3. The summed E-state index contributed by atoms with van der Waals surface area (Å²) in [6.07, 6.45) is 2.78. The molecule has 14 nitrogen and oxygen atoms in total. The Kier molecular flexibility index (Phi) is 9.94. The van der Waals surface area contributed by atoms with Crippen LogP contribution in [0.5, 0.6) is 0 Å². The van der Waals surface area contributed by atoms with Crippen molar-refractivity contribution < 1.29 is 32.4 Å². The lowest BCUT2D eigenvalue weighted by Crippen LogP contribution is -2.63. The quantitative estimate of drug-likeness (QED) is 0.197. The third-order valence-corrected chi connectivity index (χ3v) is 11.8. The maximum absolute atomic E-state index is 14.3. The first kappa shape index (κ1) is 36.1. The van der Waals surface area contributed by atoms with E-state index >= 15 is 0 Å². The zero-order chi connectivity index (χ0) is 34.6. The van der Waals surface area contributed by atoms with Crippen molar-refractivity contribution in [3.8, 4) is 0 Å². The molecule has 0 aromatic carbocycles. The Hall–Kier alpha value is -2.78. The molecule has 2 aliphatic heterocycles. The minimum atomic E-state index is -3.67. The minimum absolute atomic E-state index is 0.0548. The van der Waals surface area contributed by atoms with Crippen LogP contribution in [0.3, 0.4) is 0 Å². The number of fused-ring (bicyclic) bond motifs is 1. The molecule has 0 bridgehead atoms. The predicted octanol–water partition coefficient (Wildman–Crippen LogP) is 0.477. The van der Waals surface area contributed by atoms with E-state index in [9.17, 15) is 32.4 Å². The molecule has 46 heavy (non-hydrogen) atoms. The third-order valence-electron chi connectivity index (χ3n) is 10.2. The summed E-state index contributed by atoms with van der Waals surface area (Å²) < 4.78 is 29.0. The second-order valence-corrected chi connectivity index (χ2v) is 18.1. The van der Waals surface area contributed by atoms with Crippen molar-refractivity contribution in [1.82, 2.24) is 29.9 Å². The van der Waals surface area contributed by atoms with Crippen LogP contribution in [0.2, 0.25) is 0 Å². The van der Waals surface area contributed by atoms with Gasteiger partial charge in [-0.3, -0.25) is 19.2 Å². The highest BCUT2D eigenvalue weighted by Crippen LogP contribution is 2.65. The Balaban J connectivity index is 1.52. The van der Waals surface area contributed by atoms with Gasteiger partial charge in [0.05, 0.1) is 6.04 Å². The van der Waals surface area contributed by atoms with E-state index in [4.69, 9.17) is 5.73 Å². The molecule has 0 aromatic rings. The topological polar surface area (TPSA) is 200 Å². The molecular formula is C31H53N7O7S. The average Bonchev–Trinajstić information content (AvgIpc) is 3.77. The van der Waals surface area contributed by atoms with Gasteiger partial charge in [0.1, 0.15) is 12.1 Å². The first-order valence-corrected chi connectivity index (χ1v) is 17.8. The number of ketones is 1. The van der Waals surface area contributed by atoms with Crippen LogP contribution in [0.1, 0.15) is 81.1 Å². The van der Waals surface area contributed by atoms with Gasteiger partial charge in [0.15, 0.2) is 0 Å². The summed E-state index contributed by atoms with van der Waals surface area (Å²) >= 11 is 0.